The predicted octanol–water partition coefficient (Wildman–Crippen LogP) is 3.64. The van der Waals surface area contributed by atoms with Crippen LogP contribution in [-0.4, -0.2) is 40.7 Å². The molecule has 0 aliphatic heterocycles. The second kappa shape index (κ2) is 9.43. The highest BCUT2D eigenvalue weighted by atomic mass is 127. The number of nitrogens with zero attached hydrogens (tertiary/aromatic N) is 3. The minimum Gasteiger partial charge on any atom is -0.383 e. The van der Waals surface area contributed by atoms with Crippen LogP contribution < -0.4 is 5.32 Å². The van der Waals surface area contributed by atoms with Crippen molar-refractivity contribution in [2.45, 2.75) is 31.9 Å². The Balaban J connectivity index is 0.00000261. The van der Waals surface area contributed by atoms with Crippen molar-refractivity contribution in [2.75, 3.05) is 20.1 Å². The van der Waals surface area contributed by atoms with Crippen molar-refractivity contribution < 1.29 is 5.11 Å². The van der Waals surface area contributed by atoms with Gasteiger partial charge in [-0.25, -0.2) is 4.99 Å². The van der Waals surface area contributed by atoms with Crippen molar-refractivity contribution in [3.05, 3.63) is 57.8 Å². The Morgan fingerprint density at radius 1 is 1.41 bits per heavy atom. The first-order valence-electron chi connectivity index (χ1n) is 9.04. The number of aryl methyl sites for hydroxylation is 2. The van der Waals surface area contributed by atoms with Crippen molar-refractivity contribution in [3.8, 4) is 0 Å². The summed E-state index contributed by atoms with van der Waals surface area (Å²) in [6.45, 7) is 3.95. The summed E-state index contributed by atoms with van der Waals surface area (Å²) in [7, 11) is 4.06. The van der Waals surface area contributed by atoms with Crippen LogP contribution in [-0.2, 0) is 25.6 Å². The average Bonchev–Trinajstić information content (AvgIpc) is 3.11. The van der Waals surface area contributed by atoms with Crippen LogP contribution in [0.15, 0.2) is 46.0 Å². The van der Waals surface area contributed by atoms with E-state index in [0.29, 0.717) is 6.54 Å². The van der Waals surface area contributed by atoms with Gasteiger partial charge >= 0.3 is 0 Å². The summed E-state index contributed by atoms with van der Waals surface area (Å²) in [6, 6.07) is 10.3. The molecular formula is C20H28BrIN4O. The lowest BCUT2D eigenvalue weighted by Crippen LogP contribution is -2.40. The summed E-state index contributed by atoms with van der Waals surface area (Å²) in [6.07, 6.45) is 3.68. The van der Waals surface area contributed by atoms with E-state index in [2.05, 4.69) is 49.8 Å². The molecule has 1 aromatic heterocycles. The van der Waals surface area contributed by atoms with Crippen molar-refractivity contribution in [3.63, 3.8) is 0 Å². The van der Waals surface area contributed by atoms with Crippen molar-refractivity contribution in [1.29, 1.82) is 0 Å². The molecule has 2 aromatic rings. The smallest absolute Gasteiger partial charge is 0.194 e. The number of hydrogen-bond donors (Lipinski definition) is 2. The number of aliphatic imine (C=N–C) groups is 1. The molecule has 1 heterocycles. The van der Waals surface area contributed by atoms with E-state index < -0.39 is 5.60 Å². The molecule has 0 fully saturated rings. The van der Waals surface area contributed by atoms with Gasteiger partial charge in [0.2, 0.25) is 0 Å². The van der Waals surface area contributed by atoms with Crippen LogP contribution in [0.2, 0.25) is 0 Å². The second-order valence-corrected chi connectivity index (χ2v) is 7.89. The molecule has 0 amide bonds. The van der Waals surface area contributed by atoms with E-state index in [-0.39, 0.29) is 24.0 Å². The van der Waals surface area contributed by atoms with Crippen molar-refractivity contribution in [2.24, 2.45) is 12.0 Å². The van der Waals surface area contributed by atoms with Gasteiger partial charge in [0, 0.05) is 37.0 Å². The number of halogens is 2. The number of benzene rings is 1. The summed E-state index contributed by atoms with van der Waals surface area (Å²) < 4.78 is 3.17. The van der Waals surface area contributed by atoms with Gasteiger partial charge in [0.25, 0.3) is 0 Å². The largest absolute Gasteiger partial charge is 0.383 e. The standard InChI is InChI=1S/C20H27BrN4O.HI/c1-4-22-19(25(3)13-17-11-16(21)12-24(17)2)23-14-20(26)10-9-15-7-5-6-8-18(15)20;/h5-8,11-12,26H,4,9-10,13-14H2,1-3H3,(H,22,23);1H. The Labute approximate surface area is 187 Å². The van der Waals surface area contributed by atoms with E-state index >= 15 is 0 Å². The maximum absolute atomic E-state index is 11.1. The fraction of sp³-hybridized carbons (Fsp3) is 0.450. The monoisotopic (exact) mass is 546 g/mol. The summed E-state index contributed by atoms with van der Waals surface area (Å²) in [5.41, 5.74) is 2.58. The maximum atomic E-state index is 11.1. The highest BCUT2D eigenvalue weighted by molar-refractivity contribution is 14.0. The highest BCUT2D eigenvalue weighted by Gasteiger charge is 2.36. The van der Waals surface area contributed by atoms with Gasteiger partial charge in [0.15, 0.2) is 5.96 Å². The third-order valence-corrected chi connectivity index (χ3v) is 5.42. The van der Waals surface area contributed by atoms with Crippen LogP contribution in [0.3, 0.4) is 0 Å². The minimum absolute atomic E-state index is 0. The van der Waals surface area contributed by atoms with E-state index in [1.165, 1.54) is 11.3 Å². The number of guanidine groups is 1. The highest BCUT2D eigenvalue weighted by Crippen LogP contribution is 2.36. The first-order valence-corrected chi connectivity index (χ1v) is 9.83. The van der Waals surface area contributed by atoms with Crippen LogP contribution >= 0.6 is 39.9 Å². The van der Waals surface area contributed by atoms with E-state index in [1.807, 2.05) is 38.5 Å². The van der Waals surface area contributed by atoms with Gasteiger partial charge in [-0.3, -0.25) is 0 Å². The van der Waals surface area contributed by atoms with Crippen LogP contribution in [0, 0.1) is 0 Å². The average molecular weight is 547 g/mol. The number of aliphatic hydroxyl groups is 1. The Hall–Kier alpha value is -1.06. The van der Waals surface area contributed by atoms with Crippen LogP contribution in [0.25, 0.3) is 0 Å². The van der Waals surface area contributed by atoms with Crippen molar-refractivity contribution >= 4 is 45.9 Å². The molecule has 2 N–H and O–H groups in total. The zero-order valence-corrected chi connectivity index (χ0v) is 20.0. The fourth-order valence-corrected chi connectivity index (χ4v) is 4.12. The Morgan fingerprint density at radius 3 is 2.81 bits per heavy atom. The van der Waals surface area contributed by atoms with Crippen LogP contribution in [0.5, 0.6) is 0 Å². The third-order valence-electron chi connectivity index (χ3n) is 4.99. The molecule has 1 aliphatic rings. The zero-order valence-electron chi connectivity index (χ0n) is 16.1. The molecule has 148 valence electrons. The zero-order chi connectivity index (χ0) is 18.7. The Bertz CT molecular complexity index is 807. The van der Waals surface area contributed by atoms with E-state index in [1.54, 1.807) is 0 Å². The summed E-state index contributed by atoms with van der Waals surface area (Å²) in [4.78, 5) is 6.85. The quantitative estimate of drug-likeness (QED) is 0.342. The van der Waals surface area contributed by atoms with E-state index in [4.69, 9.17) is 4.99 Å². The second-order valence-electron chi connectivity index (χ2n) is 6.98. The molecular weight excluding hydrogens is 519 g/mol. The molecule has 7 heteroatoms. The first-order chi connectivity index (χ1) is 12.4. The topological polar surface area (TPSA) is 52.8 Å². The molecule has 0 bridgehead atoms. The van der Waals surface area contributed by atoms with Gasteiger partial charge in [-0.2, -0.15) is 0 Å². The lowest BCUT2D eigenvalue weighted by Gasteiger charge is -2.26. The Morgan fingerprint density at radius 2 is 2.15 bits per heavy atom. The lowest BCUT2D eigenvalue weighted by atomic mass is 9.96. The molecule has 0 saturated carbocycles. The van der Waals surface area contributed by atoms with Crippen molar-refractivity contribution in [1.82, 2.24) is 14.8 Å². The molecule has 1 aliphatic carbocycles. The molecule has 1 atom stereocenters. The lowest BCUT2D eigenvalue weighted by molar-refractivity contribution is 0.0483. The molecule has 1 aromatic carbocycles. The normalized spacial score (nSPS) is 18.8. The number of nitrogens with one attached hydrogen (secondary N) is 1. The molecule has 5 nitrogen and oxygen atoms in total. The third kappa shape index (κ3) is 5.06. The van der Waals surface area contributed by atoms with Crippen LogP contribution in [0.1, 0.15) is 30.2 Å². The van der Waals surface area contributed by atoms with E-state index in [9.17, 15) is 5.11 Å². The van der Waals surface area contributed by atoms with Gasteiger partial charge in [0.1, 0.15) is 5.60 Å². The predicted molar refractivity (Wildman–Crippen MR) is 125 cm³/mol. The number of fused-ring (bicyclic) bond motifs is 1. The maximum Gasteiger partial charge on any atom is 0.194 e. The Kier molecular flexibility index (Phi) is 7.76. The SMILES string of the molecule is CCNC(=NCC1(O)CCc2ccccc21)N(C)Cc1cc(Br)cn1C.I. The first kappa shape index (κ1) is 22.2. The summed E-state index contributed by atoms with van der Waals surface area (Å²) in [5.74, 6) is 0.808. The molecule has 0 spiro atoms. The van der Waals surface area contributed by atoms with Gasteiger partial charge in [-0.05, 0) is 52.9 Å². The number of rotatable bonds is 5. The fourth-order valence-electron chi connectivity index (χ4n) is 3.55. The minimum atomic E-state index is -0.869. The number of hydrogen-bond acceptors (Lipinski definition) is 2. The molecule has 3 rings (SSSR count). The van der Waals surface area contributed by atoms with Crippen LogP contribution in [0.4, 0.5) is 0 Å². The molecule has 1 unspecified atom stereocenters. The van der Waals surface area contributed by atoms with Gasteiger partial charge < -0.3 is 19.9 Å². The summed E-state index contributed by atoms with van der Waals surface area (Å²) >= 11 is 3.52. The molecule has 27 heavy (non-hydrogen) atoms. The van der Waals surface area contributed by atoms with Gasteiger partial charge in [-0.15, -0.1) is 24.0 Å². The molecule has 0 saturated heterocycles. The van der Waals surface area contributed by atoms with Gasteiger partial charge in [0.05, 0.1) is 13.1 Å². The van der Waals surface area contributed by atoms with Gasteiger partial charge in [-0.1, -0.05) is 24.3 Å². The van der Waals surface area contributed by atoms with E-state index in [0.717, 1.165) is 41.9 Å². The molecule has 0 radical (unpaired) electrons. The summed E-state index contributed by atoms with van der Waals surface area (Å²) in [5, 5.41) is 14.5. The number of aromatic nitrogens is 1.